The minimum absolute atomic E-state index is 0.0175. The van der Waals surface area contributed by atoms with Gasteiger partial charge in [0, 0.05) is 38.0 Å². The molecule has 27 heavy (non-hydrogen) atoms. The quantitative estimate of drug-likeness (QED) is 0.888. The summed E-state index contributed by atoms with van der Waals surface area (Å²) in [5, 5.41) is 3.30. The number of hydrogen-bond acceptors (Lipinski definition) is 3. The molecule has 0 unspecified atom stereocenters. The second kappa shape index (κ2) is 7.85. The first-order valence-electron chi connectivity index (χ1n) is 10.2. The van der Waals surface area contributed by atoms with Crippen LogP contribution in [0.2, 0.25) is 0 Å². The number of carbonyl (C=O) groups is 2. The highest BCUT2D eigenvalue weighted by Crippen LogP contribution is 2.41. The van der Waals surface area contributed by atoms with Crippen molar-refractivity contribution < 1.29 is 9.59 Å². The van der Waals surface area contributed by atoms with E-state index in [-0.39, 0.29) is 23.3 Å². The third kappa shape index (κ3) is 4.08. The molecule has 1 atom stereocenters. The Kier molecular flexibility index (Phi) is 5.30. The zero-order valence-electron chi connectivity index (χ0n) is 15.9. The fraction of sp³-hybridized carbons (Fsp3) is 0.545. The Morgan fingerprint density at radius 1 is 1.22 bits per heavy atom. The van der Waals surface area contributed by atoms with Crippen LogP contribution in [-0.4, -0.2) is 60.4 Å². The third-order valence-corrected chi connectivity index (χ3v) is 6.34. The largest absolute Gasteiger partial charge is 0.341 e. The van der Waals surface area contributed by atoms with Gasteiger partial charge >= 0.3 is 0 Å². The van der Waals surface area contributed by atoms with Gasteiger partial charge in [-0.15, -0.1) is 0 Å². The summed E-state index contributed by atoms with van der Waals surface area (Å²) >= 11 is 0. The van der Waals surface area contributed by atoms with Crippen molar-refractivity contribution in [1.82, 2.24) is 15.1 Å². The van der Waals surface area contributed by atoms with E-state index < -0.39 is 0 Å². The van der Waals surface area contributed by atoms with Crippen molar-refractivity contribution in [3.8, 4) is 0 Å². The number of benzene rings is 1. The molecule has 5 nitrogen and oxygen atoms in total. The maximum Gasteiger partial charge on any atom is 0.239 e. The van der Waals surface area contributed by atoms with E-state index in [4.69, 9.17) is 0 Å². The molecule has 2 amide bonds. The summed E-state index contributed by atoms with van der Waals surface area (Å²) in [5.41, 5.74) is 1.23. The molecule has 3 aliphatic rings. The number of nitrogens with one attached hydrogen (secondary N) is 1. The molecule has 3 fully saturated rings. The Labute approximate surface area is 161 Å². The zero-order valence-corrected chi connectivity index (χ0v) is 15.9. The first-order chi connectivity index (χ1) is 13.2. The maximum absolute atomic E-state index is 12.6. The van der Waals surface area contributed by atoms with E-state index in [0.717, 1.165) is 57.4 Å². The Morgan fingerprint density at radius 2 is 2.00 bits per heavy atom. The number of nitrogens with zero attached hydrogens (tertiary/aromatic N) is 2. The Balaban J connectivity index is 1.30. The highest BCUT2D eigenvalue weighted by Gasteiger charge is 2.45. The van der Waals surface area contributed by atoms with Gasteiger partial charge in [0.2, 0.25) is 11.8 Å². The highest BCUT2D eigenvalue weighted by atomic mass is 16.2. The zero-order chi connectivity index (χ0) is 18.7. The number of hydrogen-bond donors (Lipinski definition) is 1. The molecule has 1 aromatic carbocycles. The number of likely N-dealkylation sites (tertiary alicyclic amines) is 2. The smallest absolute Gasteiger partial charge is 0.239 e. The van der Waals surface area contributed by atoms with E-state index in [1.165, 1.54) is 0 Å². The van der Waals surface area contributed by atoms with Crippen LogP contribution in [0.4, 0.5) is 0 Å². The lowest BCUT2D eigenvalue weighted by Gasteiger charge is -2.39. The van der Waals surface area contributed by atoms with E-state index in [1.54, 1.807) is 0 Å². The number of piperidine rings is 1. The van der Waals surface area contributed by atoms with Gasteiger partial charge in [-0.25, -0.2) is 0 Å². The van der Waals surface area contributed by atoms with E-state index in [2.05, 4.69) is 29.6 Å². The summed E-state index contributed by atoms with van der Waals surface area (Å²) in [5.74, 6) is 0.513. The van der Waals surface area contributed by atoms with Gasteiger partial charge in [0.15, 0.2) is 0 Å². The molecule has 1 N–H and O–H groups in total. The highest BCUT2D eigenvalue weighted by molar-refractivity contribution is 5.83. The van der Waals surface area contributed by atoms with Gasteiger partial charge in [0.25, 0.3) is 0 Å². The van der Waals surface area contributed by atoms with Crippen LogP contribution in [0.25, 0.3) is 6.08 Å². The molecule has 3 aliphatic heterocycles. The van der Waals surface area contributed by atoms with Crippen molar-refractivity contribution in [3.05, 3.63) is 42.0 Å². The van der Waals surface area contributed by atoms with Crippen LogP contribution in [0.3, 0.4) is 0 Å². The van der Waals surface area contributed by atoms with E-state index in [9.17, 15) is 9.59 Å². The second-order valence-corrected chi connectivity index (χ2v) is 8.24. The molecule has 3 saturated heterocycles. The fourth-order valence-electron chi connectivity index (χ4n) is 4.68. The SMILES string of the molecule is O=C1CC2(CCN(C(=O)[C@H]3CCCN3)CC2)CN1C/C=C/c1ccccc1. The standard InChI is InChI=1S/C22H29N3O2/c26-20-16-22(17-25(20)13-5-8-18-6-2-1-3-7-18)10-14-24(15-11-22)21(27)19-9-4-12-23-19/h1-3,5-8,19,23H,4,9-17H2/b8-5+/t19-/m1/s1. The molecule has 0 aromatic heterocycles. The molecule has 0 saturated carbocycles. The van der Waals surface area contributed by atoms with E-state index >= 15 is 0 Å². The van der Waals surface area contributed by atoms with Gasteiger partial charge in [0.1, 0.15) is 0 Å². The molecule has 144 valence electrons. The molecule has 0 bridgehead atoms. The summed E-state index contributed by atoms with van der Waals surface area (Å²) in [6.07, 6.45) is 8.72. The van der Waals surface area contributed by atoms with Gasteiger partial charge in [-0.05, 0) is 37.8 Å². The van der Waals surface area contributed by atoms with Crippen molar-refractivity contribution in [3.63, 3.8) is 0 Å². The lowest BCUT2D eigenvalue weighted by atomic mass is 9.77. The predicted molar refractivity (Wildman–Crippen MR) is 106 cm³/mol. The first-order valence-corrected chi connectivity index (χ1v) is 10.2. The van der Waals surface area contributed by atoms with Crippen LogP contribution in [0.5, 0.6) is 0 Å². The second-order valence-electron chi connectivity index (χ2n) is 8.24. The van der Waals surface area contributed by atoms with Gasteiger partial charge < -0.3 is 15.1 Å². The Hall–Kier alpha value is -2.14. The Bertz CT molecular complexity index is 702. The molecule has 5 heteroatoms. The summed E-state index contributed by atoms with van der Waals surface area (Å²) in [7, 11) is 0. The molecule has 1 aromatic rings. The van der Waals surface area contributed by atoms with Crippen LogP contribution < -0.4 is 5.32 Å². The van der Waals surface area contributed by atoms with Crippen molar-refractivity contribution in [2.75, 3.05) is 32.7 Å². The molecule has 1 spiro atoms. The van der Waals surface area contributed by atoms with Gasteiger partial charge in [-0.3, -0.25) is 9.59 Å². The summed E-state index contributed by atoms with van der Waals surface area (Å²) < 4.78 is 0. The monoisotopic (exact) mass is 367 g/mol. The van der Waals surface area contributed by atoms with Crippen molar-refractivity contribution in [2.45, 2.75) is 38.1 Å². The summed E-state index contributed by atoms with van der Waals surface area (Å²) in [6.45, 7) is 4.03. The van der Waals surface area contributed by atoms with Crippen LogP contribution >= 0.6 is 0 Å². The lowest BCUT2D eigenvalue weighted by Crippen LogP contribution is -2.49. The van der Waals surface area contributed by atoms with Crippen molar-refractivity contribution in [2.24, 2.45) is 5.41 Å². The minimum Gasteiger partial charge on any atom is -0.341 e. The molecular weight excluding hydrogens is 338 g/mol. The minimum atomic E-state index is 0.0175. The average molecular weight is 367 g/mol. The van der Waals surface area contributed by atoms with Crippen molar-refractivity contribution >= 4 is 17.9 Å². The topological polar surface area (TPSA) is 52.7 Å². The van der Waals surface area contributed by atoms with Gasteiger partial charge in [0.05, 0.1) is 6.04 Å². The predicted octanol–water partition coefficient (Wildman–Crippen LogP) is 2.29. The summed E-state index contributed by atoms with van der Waals surface area (Å²) in [6, 6.07) is 10.2. The van der Waals surface area contributed by atoms with E-state index in [0.29, 0.717) is 13.0 Å². The fourth-order valence-corrected chi connectivity index (χ4v) is 4.68. The summed E-state index contributed by atoms with van der Waals surface area (Å²) in [4.78, 5) is 29.1. The lowest BCUT2D eigenvalue weighted by molar-refractivity contribution is -0.135. The van der Waals surface area contributed by atoms with Gasteiger partial charge in [-0.1, -0.05) is 42.5 Å². The molecule has 3 heterocycles. The first kappa shape index (κ1) is 18.2. The van der Waals surface area contributed by atoms with Crippen LogP contribution in [0.15, 0.2) is 36.4 Å². The van der Waals surface area contributed by atoms with Gasteiger partial charge in [-0.2, -0.15) is 0 Å². The van der Waals surface area contributed by atoms with Crippen LogP contribution in [-0.2, 0) is 9.59 Å². The number of carbonyl (C=O) groups excluding carboxylic acids is 2. The molecule has 4 rings (SSSR count). The normalized spacial score (nSPS) is 25.0. The third-order valence-electron chi connectivity index (χ3n) is 6.34. The molecule has 0 radical (unpaired) electrons. The van der Waals surface area contributed by atoms with Crippen LogP contribution in [0.1, 0.15) is 37.7 Å². The molecular formula is C22H29N3O2. The number of rotatable bonds is 4. The average Bonchev–Trinajstić information content (AvgIpc) is 3.32. The van der Waals surface area contributed by atoms with Crippen molar-refractivity contribution in [1.29, 1.82) is 0 Å². The van der Waals surface area contributed by atoms with E-state index in [1.807, 2.05) is 28.0 Å². The molecule has 0 aliphatic carbocycles. The number of amides is 2. The Morgan fingerprint density at radius 3 is 2.70 bits per heavy atom. The van der Waals surface area contributed by atoms with Crippen LogP contribution in [0, 0.1) is 5.41 Å². The maximum atomic E-state index is 12.6.